The van der Waals surface area contributed by atoms with Crippen LogP contribution in [-0.2, 0) is 0 Å². The van der Waals surface area contributed by atoms with E-state index in [-0.39, 0.29) is 0 Å². The summed E-state index contributed by atoms with van der Waals surface area (Å²) in [5, 5.41) is 3.47. The summed E-state index contributed by atoms with van der Waals surface area (Å²) in [6, 6.07) is 1.04. The Morgan fingerprint density at radius 1 is 1.25 bits per heavy atom. The monoisotopic (exact) mass is 172 g/mol. The molecule has 0 radical (unpaired) electrons. The van der Waals surface area contributed by atoms with Crippen LogP contribution < -0.4 is 11.1 Å². The maximum atomic E-state index is 5.64. The largest absolute Gasteiger partial charge is 0.328 e. The third-order valence-electron chi connectivity index (χ3n) is 2.19. The zero-order valence-corrected chi connectivity index (χ0v) is 8.77. The predicted octanol–water partition coefficient (Wildman–Crippen LogP) is 1.89. The minimum absolute atomic E-state index is 0.369. The third-order valence-corrected chi connectivity index (χ3v) is 2.19. The van der Waals surface area contributed by atoms with Gasteiger partial charge in [-0.25, -0.2) is 0 Å². The Morgan fingerprint density at radius 3 is 2.42 bits per heavy atom. The Hall–Kier alpha value is -0.0800. The second kappa shape index (κ2) is 7.56. The lowest BCUT2D eigenvalue weighted by molar-refractivity contribution is 0.501. The Kier molecular flexibility index (Phi) is 7.51. The average Bonchev–Trinajstić information content (AvgIpc) is 2.03. The number of hydrogen-bond acceptors (Lipinski definition) is 2. The van der Waals surface area contributed by atoms with Crippen molar-refractivity contribution >= 4 is 0 Å². The van der Waals surface area contributed by atoms with Gasteiger partial charge in [0.05, 0.1) is 0 Å². The van der Waals surface area contributed by atoms with Crippen LogP contribution >= 0.6 is 0 Å². The molecule has 0 saturated heterocycles. The van der Waals surface area contributed by atoms with Gasteiger partial charge in [0.15, 0.2) is 0 Å². The van der Waals surface area contributed by atoms with Crippen LogP contribution in [0, 0.1) is 0 Å². The van der Waals surface area contributed by atoms with Crippen molar-refractivity contribution < 1.29 is 0 Å². The lowest BCUT2D eigenvalue weighted by Gasteiger charge is -2.11. The van der Waals surface area contributed by atoms with Gasteiger partial charge < -0.3 is 11.1 Å². The molecule has 0 aliphatic carbocycles. The highest BCUT2D eigenvalue weighted by molar-refractivity contribution is 4.59. The maximum absolute atomic E-state index is 5.64. The smallest absolute Gasteiger partial charge is 0.00360 e. The van der Waals surface area contributed by atoms with Crippen molar-refractivity contribution in [2.75, 3.05) is 6.54 Å². The molecule has 2 atom stereocenters. The highest BCUT2D eigenvalue weighted by atomic mass is 14.9. The summed E-state index contributed by atoms with van der Waals surface area (Å²) in [6.45, 7) is 7.65. The zero-order chi connectivity index (χ0) is 9.40. The fourth-order valence-corrected chi connectivity index (χ4v) is 1.08. The molecule has 2 heteroatoms. The summed E-state index contributed by atoms with van der Waals surface area (Å²) >= 11 is 0. The van der Waals surface area contributed by atoms with E-state index in [0.717, 1.165) is 13.0 Å². The van der Waals surface area contributed by atoms with Gasteiger partial charge in [-0.3, -0.25) is 0 Å². The van der Waals surface area contributed by atoms with Gasteiger partial charge in [-0.15, -0.1) is 0 Å². The number of nitrogens with two attached hydrogens (primary N) is 1. The quantitative estimate of drug-likeness (QED) is 0.576. The van der Waals surface area contributed by atoms with E-state index in [4.69, 9.17) is 5.73 Å². The average molecular weight is 172 g/mol. The fraction of sp³-hybridized carbons (Fsp3) is 1.00. The second-order valence-electron chi connectivity index (χ2n) is 3.74. The van der Waals surface area contributed by atoms with Gasteiger partial charge in [-0.2, -0.15) is 0 Å². The first-order valence-corrected chi connectivity index (χ1v) is 5.15. The molecule has 0 saturated carbocycles. The van der Waals surface area contributed by atoms with Crippen LogP contribution in [0.25, 0.3) is 0 Å². The van der Waals surface area contributed by atoms with Gasteiger partial charge in [0.25, 0.3) is 0 Å². The van der Waals surface area contributed by atoms with E-state index in [1.165, 1.54) is 19.3 Å². The summed E-state index contributed by atoms with van der Waals surface area (Å²) in [6.07, 6.45) is 4.88. The first-order chi connectivity index (χ1) is 5.66. The van der Waals surface area contributed by atoms with Gasteiger partial charge in [0.1, 0.15) is 0 Å². The fourth-order valence-electron chi connectivity index (χ4n) is 1.08. The molecule has 2 nitrogen and oxygen atoms in total. The number of rotatable bonds is 7. The molecule has 0 spiro atoms. The normalized spacial score (nSPS) is 16.0. The van der Waals surface area contributed by atoms with Gasteiger partial charge in [0.2, 0.25) is 0 Å². The molecule has 0 heterocycles. The molecule has 0 aliphatic heterocycles. The zero-order valence-electron chi connectivity index (χ0n) is 8.77. The van der Waals surface area contributed by atoms with Crippen molar-refractivity contribution in [2.24, 2.45) is 5.73 Å². The van der Waals surface area contributed by atoms with Crippen molar-refractivity contribution in [3.8, 4) is 0 Å². The molecule has 0 amide bonds. The van der Waals surface area contributed by atoms with Crippen molar-refractivity contribution in [3.05, 3.63) is 0 Å². The summed E-state index contributed by atoms with van der Waals surface area (Å²) < 4.78 is 0. The van der Waals surface area contributed by atoms with Crippen molar-refractivity contribution in [1.82, 2.24) is 5.32 Å². The highest BCUT2D eigenvalue weighted by Gasteiger charge is 1.97. The summed E-state index contributed by atoms with van der Waals surface area (Å²) in [5.74, 6) is 0. The Morgan fingerprint density at radius 2 is 1.92 bits per heavy atom. The maximum Gasteiger partial charge on any atom is 0.00360 e. The molecular formula is C10H24N2. The predicted molar refractivity (Wildman–Crippen MR) is 55.3 cm³/mol. The molecule has 0 aromatic carbocycles. The minimum atomic E-state index is 0.369. The lowest BCUT2D eigenvalue weighted by atomic mass is 10.1. The van der Waals surface area contributed by atoms with Crippen LogP contribution in [0.4, 0.5) is 0 Å². The first kappa shape index (κ1) is 11.9. The van der Waals surface area contributed by atoms with Crippen LogP contribution in [0.15, 0.2) is 0 Å². The molecule has 3 N–H and O–H groups in total. The standard InChI is InChI=1S/C10H24N2/c1-4-10(3)12-8-6-5-7-9(2)11/h9-10,12H,4-8,11H2,1-3H3. The van der Waals surface area contributed by atoms with E-state index < -0.39 is 0 Å². The Labute approximate surface area is 76.9 Å². The second-order valence-corrected chi connectivity index (χ2v) is 3.74. The first-order valence-electron chi connectivity index (χ1n) is 5.15. The van der Waals surface area contributed by atoms with E-state index in [9.17, 15) is 0 Å². The van der Waals surface area contributed by atoms with Crippen molar-refractivity contribution in [1.29, 1.82) is 0 Å². The molecular weight excluding hydrogens is 148 g/mol. The SMILES string of the molecule is CCC(C)NCCCCC(C)N. The van der Waals surface area contributed by atoms with E-state index in [2.05, 4.69) is 26.1 Å². The van der Waals surface area contributed by atoms with E-state index >= 15 is 0 Å². The number of hydrogen-bond donors (Lipinski definition) is 2. The van der Waals surface area contributed by atoms with Crippen molar-refractivity contribution in [3.63, 3.8) is 0 Å². The van der Waals surface area contributed by atoms with Crippen LogP contribution in [0.2, 0.25) is 0 Å². The number of nitrogens with one attached hydrogen (secondary N) is 1. The summed E-state index contributed by atoms with van der Waals surface area (Å²) in [4.78, 5) is 0. The van der Waals surface area contributed by atoms with E-state index in [1.807, 2.05) is 0 Å². The highest BCUT2D eigenvalue weighted by Crippen LogP contribution is 1.97. The van der Waals surface area contributed by atoms with Crippen LogP contribution in [0.1, 0.15) is 46.5 Å². The van der Waals surface area contributed by atoms with Gasteiger partial charge in [-0.05, 0) is 39.7 Å². The van der Waals surface area contributed by atoms with Crippen molar-refractivity contribution in [2.45, 2.75) is 58.5 Å². The summed E-state index contributed by atoms with van der Waals surface area (Å²) in [7, 11) is 0. The lowest BCUT2D eigenvalue weighted by Crippen LogP contribution is -2.26. The molecule has 2 unspecified atom stereocenters. The van der Waals surface area contributed by atoms with Crippen LogP contribution in [0.5, 0.6) is 0 Å². The summed E-state index contributed by atoms with van der Waals surface area (Å²) in [5.41, 5.74) is 5.64. The molecule has 0 aromatic rings. The molecule has 12 heavy (non-hydrogen) atoms. The Bertz CT molecular complexity index is 91.8. The van der Waals surface area contributed by atoms with Gasteiger partial charge >= 0.3 is 0 Å². The van der Waals surface area contributed by atoms with Crippen LogP contribution in [0.3, 0.4) is 0 Å². The minimum Gasteiger partial charge on any atom is -0.328 e. The number of unbranched alkanes of at least 4 members (excludes halogenated alkanes) is 1. The Balaban J connectivity index is 3.00. The third kappa shape index (κ3) is 8.02. The van der Waals surface area contributed by atoms with E-state index in [0.29, 0.717) is 12.1 Å². The topological polar surface area (TPSA) is 38.0 Å². The van der Waals surface area contributed by atoms with Gasteiger partial charge in [0, 0.05) is 12.1 Å². The van der Waals surface area contributed by atoms with Crippen LogP contribution in [-0.4, -0.2) is 18.6 Å². The van der Waals surface area contributed by atoms with E-state index in [1.54, 1.807) is 0 Å². The molecule has 74 valence electrons. The van der Waals surface area contributed by atoms with Gasteiger partial charge in [-0.1, -0.05) is 13.3 Å². The molecule has 0 aromatic heterocycles. The molecule has 0 fully saturated rings. The molecule has 0 rings (SSSR count). The molecule has 0 aliphatic rings. The molecule has 0 bridgehead atoms.